The molecule has 1 atom stereocenters. The predicted octanol–water partition coefficient (Wildman–Crippen LogP) is 4.59. The van der Waals surface area contributed by atoms with Crippen LogP contribution in [0.2, 0.25) is 0 Å². The number of halogens is 1. The van der Waals surface area contributed by atoms with E-state index in [1.165, 1.54) is 10.5 Å². The lowest BCUT2D eigenvalue weighted by Gasteiger charge is -2.14. The van der Waals surface area contributed by atoms with Gasteiger partial charge in [-0.1, -0.05) is 37.2 Å². The molecule has 0 amide bonds. The summed E-state index contributed by atoms with van der Waals surface area (Å²) in [6.45, 7) is 9.13. The van der Waals surface area contributed by atoms with Gasteiger partial charge in [0.2, 0.25) is 0 Å². The Morgan fingerprint density at radius 3 is 2.94 bits per heavy atom. The highest BCUT2D eigenvalue weighted by atomic mass is 35.5. The number of rotatable bonds is 7. The van der Waals surface area contributed by atoms with Gasteiger partial charge in [-0.15, -0.1) is 11.8 Å². The number of benzene rings is 1. The van der Waals surface area contributed by atoms with E-state index in [1.54, 1.807) is 11.8 Å². The summed E-state index contributed by atoms with van der Waals surface area (Å²) in [7, 11) is 0. The van der Waals surface area contributed by atoms with Crippen LogP contribution in [-0.2, 0) is 0 Å². The number of hydrogen-bond donors (Lipinski definition) is 1. The molecule has 0 aliphatic carbocycles. The molecule has 0 saturated carbocycles. The number of thioether (sulfide) groups is 1. The lowest BCUT2D eigenvalue weighted by molar-refractivity contribution is 0.570. The van der Waals surface area contributed by atoms with Gasteiger partial charge in [0.05, 0.1) is 0 Å². The van der Waals surface area contributed by atoms with Gasteiger partial charge in [0.15, 0.2) is 0 Å². The van der Waals surface area contributed by atoms with E-state index < -0.39 is 0 Å². The van der Waals surface area contributed by atoms with Crippen molar-refractivity contribution in [2.75, 3.05) is 12.3 Å². The van der Waals surface area contributed by atoms with Gasteiger partial charge >= 0.3 is 0 Å². The topological polar surface area (TPSA) is 12.0 Å². The zero-order chi connectivity index (χ0) is 12.7. The minimum absolute atomic E-state index is 0.398. The molecular formula is C14H20ClNS. The Morgan fingerprint density at radius 1 is 1.53 bits per heavy atom. The minimum atomic E-state index is 0.398. The first-order valence-electron chi connectivity index (χ1n) is 5.93. The average Bonchev–Trinajstić information content (AvgIpc) is 2.33. The predicted molar refractivity (Wildman–Crippen MR) is 78.9 cm³/mol. The minimum Gasteiger partial charge on any atom is -0.310 e. The smallest absolute Gasteiger partial charge is 0.0334 e. The molecule has 0 aliphatic heterocycles. The maximum atomic E-state index is 5.77. The molecule has 3 heteroatoms. The number of hydrogen-bond acceptors (Lipinski definition) is 2. The highest BCUT2D eigenvalue weighted by Crippen LogP contribution is 2.24. The molecule has 1 unspecified atom stereocenters. The summed E-state index contributed by atoms with van der Waals surface area (Å²) in [5.41, 5.74) is 1.32. The highest BCUT2D eigenvalue weighted by molar-refractivity contribution is 7.99. The highest BCUT2D eigenvalue weighted by Gasteiger charge is 2.05. The van der Waals surface area contributed by atoms with E-state index >= 15 is 0 Å². The quantitative estimate of drug-likeness (QED) is 0.727. The summed E-state index contributed by atoms with van der Waals surface area (Å²) in [5.74, 6) is 0.766. The van der Waals surface area contributed by atoms with Gasteiger partial charge in [-0.05, 0) is 37.6 Å². The molecule has 0 aromatic heterocycles. The van der Waals surface area contributed by atoms with E-state index in [2.05, 4.69) is 50.0 Å². The first kappa shape index (κ1) is 14.6. The van der Waals surface area contributed by atoms with E-state index in [4.69, 9.17) is 11.6 Å². The summed E-state index contributed by atoms with van der Waals surface area (Å²) in [6, 6.07) is 8.99. The van der Waals surface area contributed by atoms with Crippen LogP contribution in [0.1, 0.15) is 31.9 Å². The van der Waals surface area contributed by atoms with Crippen molar-refractivity contribution in [3.05, 3.63) is 41.4 Å². The monoisotopic (exact) mass is 269 g/mol. The SMILES string of the molecule is C=C(Cl)CSc1cccc(C(C)NCCC)c1. The third kappa shape index (κ3) is 5.62. The molecule has 1 rings (SSSR count). The van der Waals surface area contributed by atoms with Crippen molar-refractivity contribution in [3.63, 3.8) is 0 Å². The van der Waals surface area contributed by atoms with Crippen LogP contribution in [0.25, 0.3) is 0 Å². The fourth-order valence-electron chi connectivity index (χ4n) is 1.51. The van der Waals surface area contributed by atoms with E-state index in [0.717, 1.165) is 18.7 Å². The molecule has 0 spiro atoms. The normalized spacial score (nSPS) is 12.4. The second kappa shape index (κ2) is 7.80. The van der Waals surface area contributed by atoms with Crippen LogP contribution in [-0.4, -0.2) is 12.3 Å². The Balaban J connectivity index is 2.61. The standard InChI is InChI=1S/C14H20ClNS/c1-4-8-16-12(3)13-6-5-7-14(9-13)17-10-11(2)15/h5-7,9,12,16H,2,4,8,10H2,1,3H3. The van der Waals surface area contributed by atoms with Crippen molar-refractivity contribution in [1.29, 1.82) is 0 Å². The molecule has 1 aromatic carbocycles. The van der Waals surface area contributed by atoms with Crippen LogP contribution in [0.15, 0.2) is 40.8 Å². The maximum absolute atomic E-state index is 5.77. The molecule has 0 saturated heterocycles. The van der Waals surface area contributed by atoms with Crippen LogP contribution in [0, 0.1) is 0 Å². The van der Waals surface area contributed by atoms with Gasteiger partial charge in [0.1, 0.15) is 0 Å². The van der Waals surface area contributed by atoms with Crippen LogP contribution < -0.4 is 5.32 Å². The Morgan fingerprint density at radius 2 is 2.29 bits per heavy atom. The Labute approximate surface area is 114 Å². The summed E-state index contributed by atoms with van der Waals surface area (Å²) in [4.78, 5) is 1.24. The fourth-order valence-corrected chi connectivity index (χ4v) is 2.40. The van der Waals surface area contributed by atoms with E-state index in [1.807, 2.05) is 0 Å². The molecule has 0 heterocycles. The van der Waals surface area contributed by atoms with Gasteiger partial charge in [-0.3, -0.25) is 0 Å². The van der Waals surface area contributed by atoms with Gasteiger partial charge in [0.25, 0.3) is 0 Å². The van der Waals surface area contributed by atoms with Crippen molar-refractivity contribution in [3.8, 4) is 0 Å². The second-order valence-corrected chi connectivity index (χ2v) is 5.64. The summed E-state index contributed by atoms with van der Waals surface area (Å²) in [5, 5.41) is 4.18. The summed E-state index contributed by atoms with van der Waals surface area (Å²) >= 11 is 7.50. The van der Waals surface area contributed by atoms with Gasteiger partial charge in [-0.25, -0.2) is 0 Å². The Hall–Kier alpha value is -0.440. The lowest BCUT2D eigenvalue weighted by atomic mass is 10.1. The average molecular weight is 270 g/mol. The zero-order valence-corrected chi connectivity index (χ0v) is 12.1. The third-order valence-electron chi connectivity index (χ3n) is 2.45. The van der Waals surface area contributed by atoms with Crippen molar-refractivity contribution in [2.24, 2.45) is 0 Å². The van der Waals surface area contributed by atoms with Crippen LogP contribution in [0.5, 0.6) is 0 Å². The van der Waals surface area contributed by atoms with Crippen molar-refractivity contribution >= 4 is 23.4 Å². The molecule has 1 nitrogen and oxygen atoms in total. The fraction of sp³-hybridized carbons (Fsp3) is 0.429. The Bertz CT molecular complexity index is 365. The van der Waals surface area contributed by atoms with Gasteiger partial charge in [0, 0.05) is 21.7 Å². The molecule has 0 radical (unpaired) electrons. The largest absolute Gasteiger partial charge is 0.310 e. The second-order valence-electron chi connectivity index (χ2n) is 4.05. The zero-order valence-electron chi connectivity index (χ0n) is 10.5. The third-order valence-corrected chi connectivity index (χ3v) is 3.83. The molecule has 94 valence electrons. The van der Waals surface area contributed by atoms with E-state index in [-0.39, 0.29) is 0 Å². The maximum Gasteiger partial charge on any atom is 0.0334 e. The van der Waals surface area contributed by atoms with Crippen LogP contribution in [0.4, 0.5) is 0 Å². The molecule has 0 bridgehead atoms. The molecular weight excluding hydrogens is 250 g/mol. The first-order chi connectivity index (χ1) is 8.13. The Kier molecular flexibility index (Phi) is 6.71. The lowest BCUT2D eigenvalue weighted by Crippen LogP contribution is -2.19. The van der Waals surface area contributed by atoms with Crippen molar-refractivity contribution < 1.29 is 0 Å². The van der Waals surface area contributed by atoms with Crippen LogP contribution in [0.3, 0.4) is 0 Å². The van der Waals surface area contributed by atoms with Gasteiger partial charge in [-0.2, -0.15) is 0 Å². The van der Waals surface area contributed by atoms with E-state index in [0.29, 0.717) is 11.1 Å². The van der Waals surface area contributed by atoms with Crippen molar-refractivity contribution in [2.45, 2.75) is 31.2 Å². The number of nitrogens with one attached hydrogen (secondary N) is 1. The molecule has 17 heavy (non-hydrogen) atoms. The van der Waals surface area contributed by atoms with Crippen LogP contribution >= 0.6 is 23.4 Å². The summed E-state index contributed by atoms with van der Waals surface area (Å²) < 4.78 is 0. The summed E-state index contributed by atoms with van der Waals surface area (Å²) in [6.07, 6.45) is 1.16. The molecule has 0 fully saturated rings. The molecule has 1 aromatic rings. The van der Waals surface area contributed by atoms with Gasteiger partial charge < -0.3 is 5.32 Å². The first-order valence-corrected chi connectivity index (χ1v) is 7.29. The van der Waals surface area contributed by atoms with E-state index in [9.17, 15) is 0 Å². The van der Waals surface area contributed by atoms with Crippen molar-refractivity contribution in [1.82, 2.24) is 5.32 Å². The molecule has 1 N–H and O–H groups in total. The molecule has 0 aliphatic rings.